The SMILES string of the molecule is NC[C@H](C(=O)Nc1ccc(N2CCOCC2=O)cc1C(F)(F)F)N(CC(F)F)C1CC1. The maximum atomic E-state index is 13.7. The molecule has 31 heavy (non-hydrogen) atoms. The minimum Gasteiger partial charge on any atom is -0.370 e. The number of alkyl halides is 5. The van der Waals surface area contributed by atoms with E-state index in [-0.39, 0.29) is 38.0 Å². The van der Waals surface area contributed by atoms with Gasteiger partial charge in [-0.25, -0.2) is 8.78 Å². The number of carbonyl (C=O) groups excluding carboxylic acids is 2. The molecule has 0 radical (unpaired) electrons. The lowest BCUT2D eigenvalue weighted by molar-refractivity contribution is -0.137. The summed E-state index contributed by atoms with van der Waals surface area (Å²) in [6.45, 7) is -0.966. The van der Waals surface area contributed by atoms with Crippen molar-refractivity contribution in [3.63, 3.8) is 0 Å². The van der Waals surface area contributed by atoms with Crippen LogP contribution in [0.2, 0.25) is 0 Å². The van der Waals surface area contributed by atoms with E-state index < -0.39 is 48.3 Å². The molecule has 1 saturated heterocycles. The fourth-order valence-electron chi connectivity index (χ4n) is 3.54. The number of nitrogens with one attached hydrogen (secondary N) is 1. The van der Waals surface area contributed by atoms with Gasteiger partial charge in [-0.2, -0.15) is 13.2 Å². The standard InChI is InChI=1S/C19H23F5N4O3/c20-16(21)9-28(11-1-2-11)15(8-25)18(30)26-14-4-3-12(7-13(14)19(22,23)24)27-5-6-31-10-17(27)29/h3-4,7,11,15-16H,1-2,5-6,8-10,25H2,(H,26,30)/t15-/m1/s1. The molecule has 2 aliphatic rings. The molecule has 172 valence electrons. The number of benzene rings is 1. The Morgan fingerprint density at radius 2 is 2.03 bits per heavy atom. The minimum atomic E-state index is -4.83. The summed E-state index contributed by atoms with van der Waals surface area (Å²) in [6, 6.07) is 1.66. The lowest BCUT2D eigenvalue weighted by Gasteiger charge is -2.30. The van der Waals surface area contributed by atoms with Crippen LogP contribution < -0.4 is 16.0 Å². The topological polar surface area (TPSA) is 87.9 Å². The highest BCUT2D eigenvalue weighted by molar-refractivity contribution is 5.98. The van der Waals surface area contributed by atoms with Crippen molar-refractivity contribution < 1.29 is 36.3 Å². The van der Waals surface area contributed by atoms with Crippen LogP contribution in [0.3, 0.4) is 0 Å². The molecule has 2 amide bonds. The van der Waals surface area contributed by atoms with Gasteiger partial charge in [0.15, 0.2) is 0 Å². The zero-order valence-corrected chi connectivity index (χ0v) is 16.5. The van der Waals surface area contributed by atoms with Gasteiger partial charge in [-0.3, -0.25) is 14.5 Å². The van der Waals surface area contributed by atoms with Crippen LogP contribution in [0.1, 0.15) is 18.4 Å². The molecule has 0 unspecified atom stereocenters. The minimum absolute atomic E-state index is 0.0197. The molecular weight excluding hydrogens is 427 g/mol. The average Bonchev–Trinajstić information content (AvgIpc) is 3.52. The Balaban J connectivity index is 1.85. The van der Waals surface area contributed by atoms with E-state index >= 15 is 0 Å². The number of nitrogens with zero attached hydrogens (tertiary/aromatic N) is 2. The molecule has 0 aromatic heterocycles. The maximum absolute atomic E-state index is 13.7. The highest BCUT2D eigenvalue weighted by Crippen LogP contribution is 2.38. The molecule has 2 fully saturated rings. The van der Waals surface area contributed by atoms with Crippen LogP contribution in [0.25, 0.3) is 0 Å². The van der Waals surface area contributed by atoms with Crippen molar-refractivity contribution in [3.05, 3.63) is 23.8 Å². The van der Waals surface area contributed by atoms with E-state index in [9.17, 15) is 31.5 Å². The Kier molecular flexibility index (Phi) is 7.12. The zero-order chi connectivity index (χ0) is 22.8. The number of halogens is 5. The quantitative estimate of drug-likeness (QED) is 0.592. The first-order valence-electron chi connectivity index (χ1n) is 9.76. The van der Waals surface area contributed by atoms with Crippen molar-refractivity contribution in [2.24, 2.45) is 5.73 Å². The summed E-state index contributed by atoms with van der Waals surface area (Å²) in [5, 5.41) is 2.19. The Hall–Kier alpha value is -2.31. The molecule has 1 atom stereocenters. The molecule has 7 nitrogen and oxygen atoms in total. The zero-order valence-electron chi connectivity index (χ0n) is 16.5. The summed E-state index contributed by atoms with van der Waals surface area (Å²) < 4.78 is 71.9. The Labute approximate surface area is 175 Å². The van der Waals surface area contributed by atoms with Gasteiger partial charge >= 0.3 is 6.18 Å². The van der Waals surface area contributed by atoms with E-state index in [0.29, 0.717) is 12.8 Å². The third-order valence-electron chi connectivity index (χ3n) is 5.15. The monoisotopic (exact) mass is 450 g/mol. The largest absolute Gasteiger partial charge is 0.418 e. The second kappa shape index (κ2) is 9.45. The normalized spacial score (nSPS) is 18.6. The first-order valence-corrected chi connectivity index (χ1v) is 9.76. The van der Waals surface area contributed by atoms with Crippen LogP contribution in [0.4, 0.5) is 33.3 Å². The molecule has 1 heterocycles. The number of hydrogen-bond donors (Lipinski definition) is 2. The second-order valence-electron chi connectivity index (χ2n) is 7.39. The van der Waals surface area contributed by atoms with Crippen molar-refractivity contribution in [2.75, 3.05) is 43.1 Å². The molecule has 0 spiro atoms. The number of anilines is 2. The van der Waals surface area contributed by atoms with Crippen LogP contribution in [0.15, 0.2) is 18.2 Å². The predicted molar refractivity (Wildman–Crippen MR) is 102 cm³/mol. The third-order valence-corrected chi connectivity index (χ3v) is 5.15. The van der Waals surface area contributed by atoms with Crippen LogP contribution in [-0.2, 0) is 20.5 Å². The van der Waals surface area contributed by atoms with Gasteiger partial charge in [0.1, 0.15) is 12.6 Å². The lowest BCUT2D eigenvalue weighted by atomic mass is 10.1. The summed E-state index contributed by atoms with van der Waals surface area (Å²) in [5.41, 5.74) is 3.94. The van der Waals surface area contributed by atoms with Gasteiger partial charge in [0.2, 0.25) is 5.91 Å². The van der Waals surface area contributed by atoms with Gasteiger partial charge < -0.3 is 20.7 Å². The molecule has 3 N–H and O–H groups in total. The van der Waals surface area contributed by atoms with Gasteiger partial charge in [-0.1, -0.05) is 0 Å². The molecule has 12 heteroatoms. The maximum Gasteiger partial charge on any atom is 0.418 e. The van der Waals surface area contributed by atoms with Crippen molar-refractivity contribution in [1.29, 1.82) is 0 Å². The van der Waals surface area contributed by atoms with Gasteiger partial charge in [-0.15, -0.1) is 0 Å². The number of amides is 2. The lowest BCUT2D eigenvalue weighted by Crippen LogP contribution is -2.51. The smallest absolute Gasteiger partial charge is 0.370 e. The molecule has 1 aliphatic heterocycles. The highest BCUT2D eigenvalue weighted by Gasteiger charge is 2.40. The van der Waals surface area contributed by atoms with Crippen LogP contribution in [0.5, 0.6) is 0 Å². The Morgan fingerprint density at radius 3 is 2.58 bits per heavy atom. The van der Waals surface area contributed by atoms with Gasteiger partial charge in [0.25, 0.3) is 12.3 Å². The average molecular weight is 450 g/mol. The molecule has 0 bridgehead atoms. The van der Waals surface area contributed by atoms with E-state index in [1.807, 2.05) is 0 Å². The Morgan fingerprint density at radius 1 is 1.32 bits per heavy atom. The molecule has 1 aromatic rings. The van der Waals surface area contributed by atoms with E-state index in [1.165, 1.54) is 15.9 Å². The van der Waals surface area contributed by atoms with Crippen molar-refractivity contribution in [1.82, 2.24) is 4.90 Å². The van der Waals surface area contributed by atoms with Crippen molar-refractivity contribution >= 4 is 23.2 Å². The second-order valence-corrected chi connectivity index (χ2v) is 7.39. The third kappa shape index (κ3) is 5.69. The van der Waals surface area contributed by atoms with Crippen LogP contribution in [-0.4, -0.2) is 68.1 Å². The Bertz CT molecular complexity index is 816. The summed E-state index contributed by atoms with van der Waals surface area (Å²) in [5.74, 6) is -1.37. The number of nitrogens with two attached hydrogens (primary N) is 1. The van der Waals surface area contributed by atoms with E-state index in [4.69, 9.17) is 10.5 Å². The van der Waals surface area contributed by atoms with E-state index in [0.717, 1.165) is 12.1 Å². The molecule has 1 saturated carbocycles. The van der Waals surface area contributed by atoms with Gasteiger partial charge in [-0.05, 0) is 31.0 Å². The number of ether oxygens (including phenoxy) is 1. The molecular formula is C19H23F5N4O3. The summed E-state index contributed by atoms with van der Waals surface area (Å²) >= 11 is 0. The van der Waals surface area contributed by atoms with Gasteiger partial charge in [0, 0.05) is 24.8 Å². The summed E-state index contributed by atoms with van der Waals surface area (Å²) in [7, 11) is 0. The molecule has 1 aromatic carbocycles. The fraction of sp³-hybridized carbons (Fsp3) is 0.579. The first-order chi connectivity index (χ1) is 14.6. The molecule has 1 aliphatic carbocycles. The number of morpholine rings is 1. The van der Waals surface area contributed by atoms with Gasteiger partial charge in [0.05, 0.1) is 24.4 Å². The first kappa shape index (κ1) is 23.4. The molecule has 3 rings (SSSR count). The van der Waals surface area contributed by atoms with Crippen molar-refractivity contribution in [3.8, 4) is 0 Å². The number of hydrogen-bond acceptors (Lipinski definition) is 5. The van der Waals surface area contributed by atoms with Crippen molar-refractivity contribution in [2.45, 2.75) is 37.5 Å². The van der Waals surface area contributed by atoms with Crippen LogP contribution >= 0.6 is 0 Å². The van der Waals surface area contributed by atoms with E-state index in [2.05, 4.69) is 5.32 Å². The summed E-state index contributed by atoms with van der Waals surface area (Å²) in [4.78, 5) is 27.1. The van der Waals surface area contributed by atoms with E-state index in [1.54, 1.807) is 0 Å². The number of rotatable bonds is 8. The highest BCUT2D eigenvalue weighted by atomic mass is 19.4. The summed E-state index contributed by atoms with van der Waals surface area (Å²) in [6.07, 6.45) is -6.30. The fourth-order valence-corrected chi connectivity index (χ4v) is 3.54. The number of carbonyl (C=O) groups is 2. The van der Waals surface area contributed by atoms with Crippen LogP contribution in [0, 0.1) is 0 Å². The predicted octanol–water partition coefficient (Wildman–Crippen LogP) is 2.06.